The fraction of sp³-hybridized carbons (Fsp3) is 0.207. The molecule has 0 unspecified atom stereocenters. The summed E-state index contributed by atoms with van der Waals surface area (Å²) >= 11 is 0. The minimum absolute atomic E-state index is 0.0924. The second-order valence-electron chi connectivity index (χ2n) is 8.64. The van der Waals surface area contributed by atoms with Crippen molar-refractivity contribution in [1.29, 1.82) is 0 Å². The molecule has 0 atom stereocenters. The van der Waals surface area contributed by atoms with Crippen molar-refractivity contribution in [3.63, 3.8) is 0 Å². The lowest BCUT2D eigenvalue weighted by molar-refractivity contribution is -0.137. The Balaban J connectivity index is 1.54. The van der Waals surface area contributed by atoms with E-state index in [9.17, 15) is 18.4 Å². The number of hydrogen-bond acceptors (Lipinski definition) is 3. The SMILES string of the molecule is O=C(O)CCCCc1cc2cc(C(=O)NCCc3ccc(F)cc3)ccc2nc1-c1ccc(F)cc1. The van der Waals surface area contributed by atoms with Crippen LogP contribution in [0.1, 0.15) is 40.7 Å². The van der Waals surface area contributed by atoms with E-state index in [2.05, 4.69) is 5.32 Å². The van der Waals surface area contributed by atoms with Crippen LogP contribution in [0.5, 0.6) is 0 Å². The van der Waals surface area contributed by atoms with Gasteiger partial charge in [-0.25, -0.2) is 13.8 Å². The number of carbonyl (C=O) groups excluding carboxylic acids is 1. The lowest BCUT2D eigenvalue weighted by atomic mass is 9.98. The Morgan fingerprint density at radius 1 is 0.833 bits per heavy atom. The number of fused-ring (bicyclic) bond motifs is 1. The first-order chi connectivity index (χ1) is 17.4. The molecule has 3 aromatic carbocycles. The van der Waals surface area contributed by atoms with Gasteiger partial charge in [-0.2, -0.15) is 0 Å². The number of pyridine rings is 1. The number of aromatic nitrogens is 1. The number of halogens is 2. The van der Waals surface area contributed by atoms with Gasteiger partial charge in [-0.1, -0.05) is 12.1 Å². The number of benzene rings is 3. The third-order valence-electron chi connectivity index (χ3n) is 5.97. The van der Waals surface area contributed by atoms with E-state index in [1.165, 1.54) is 24.3 Å². The van der Waals surface area contributed by atoms with Gasteiger partial charge in [0.05, 0.1) is 11.2 Å². The second-order valence-corrected chi connectivity index (χ2v) is 8.64. The van der Waals surface area contributed by atoms with E-state index in [-0.39, 0.29) is 24.0 Å². The number of amides is 1. The maximum atomic E-state index is 13.5. The molecule has 0 aliphatic rings. The monoisotopic (exact) mass is 488 g/mol. The summed E-state index contributed by atoms with van der Waals surface area (Å²) in [7, 11) is 0. The van der Waals surface area contributed by atoms with Crippen LogP contribution in [0.4, 0.5) is 8.78 Å². The van der Waals surface area contributed by atoms with Gasteiger partial charge in [-0.3, -0.25) is 9.59 Å². The van der Waals surface area contributed by atoms with Crippen molar-refractivity contribution < 1.29 is 23.5 Å². The van der Waals surface area contributed by atoms with E-state index in [1.54, 1.807) is 42.5 Å². The van der Waals surface area contributed by atoms with Crippen LogP contribution in [0.2, 0.25) is 0 Å². The quantitative estimate of drug-likeness (QED) is 0.270. The highest BCUT2D eigenvalue weighted by Gasteiger charge is 2.13. The van der Waals surface area contributed by atoms with Crippen LogP contribution in [0.3, 0.4) is 0 Å². The second kappa shape index (κ2) is 11.5. The van der Waals surface area contributed by atoms with E-state index in [1.807, 2.05) is 6.07 Å². The summed E-state index contributed by atoms with van der Waals surface area (Å²) < 4.78 is 26.5. The zero-order valence-corrected chi connectivity index (χ0v) is 19.6. The number of rotatable bonds is 10. The number of nitrogens with one attached hydrogen (secondary N) is 1. The van der Waals surface area contributed by atoms with Crippen LogP contribution >= 0.6 is 0 Å². The van der Waals surface area contributed by atoms with Gasteiger partial charge in [-0.15, -0.1) is 0 Å². The van der Waals surface area contributed by atoms with Crippen LogP contribution in [-0.2, 0) is 17.6 Å². The number of hydrogen-bond donors (Lipinski definition) is 2. The Labute approximate surface area is 207 Å². The number of carboxylic acids is 1. The zero-order chi connectivity index (χ0) is 25.5. The molecule has 184 valence electrons. The van der Waals surface area contributed by atoms with E-state index in [0.717, 1.165) is 22.1 Å². The molecule has 0 aliphatic heterocycles. The molecule has 0 aliphatic carbocycles. The predicted octanol–water partition coefficient (Wildman–Crippen LogP) is 5.95. The average Bonchev–Trinajstić information content (AvgIpc) is 2.87. The minimum atomic E-state index is -0.833. The number of aliphatic carboxylic acids is 1. The highest BCUT2D eigenvalue weighted by molar-refractivity contribution is 5.98. The molecule has 4 aromatic rings. The fourth-order valence-electron chi connectivity index (χ4n) is 4.07. The Morgan fingerprint density at radius 3 is 2.22 bits per heavy atom. The molecule has 0 saturated carbocycles. The highest BCUT2D eigenvalue weighted by Crippen LogP contribution is 2.28. The topological polar surface area (TPSA) is 79.3 Å². The Hall–Kier alpha value is -4.13. The molecule has 0 spiro atoms. The summed E-state index contributed by atoms with van der Waals surface area (Å²) in [4.78, 5) is 28.4. The smallest absolute Gasteiger partial charge is 0.303 e. The number of carbonyl (C=O) groups is 2. The number of nitrogens with zero attached hydrogens (tertiary/aromatic N) is 1. The van der Waals surface area contributed by atoms with Gasteiger partial charge in [0.1, 0.15) is 11.6 Å². The molecule has 0 radical (unpaired) electrons. The molecule has 0 fully saturated rings. The van der Waals surface area contributed by atoms with E-state index < -0.39 is 5.97 Å². The lowest BCUT2D eigenvalue weighted by Crippen LogP contribution is -2.25. The predicted molar refractivity (Wildman–Crippen MR) is 135 cm³/mol. The van der Waals surface area contributed by atoms with Gasteiger partial charge < -0.3 is 10.4 Å². The summed E-state index contributed by atoms with van der Waals surface area (Å²) in [6.07, 6.45) is 2.48. The molecular weight excluding hydrogens is 462 g/mol. The van der Waals surface area contributed by atoms with Crippen molar-refractivity contribution in [1.82, 2.24) is 10.3 Å². The average molecular weight is 489 g/mol. The van der Waals surface area contributed by atoms with Crippen molar-refractivity contribution in [2.24, 2.45) is 0 Å². The lowest BCUT2D eigenvalue weighted by Gasteiger charge is -2.12. The molecule has 36 heavy (non-hydrogen) atoms. The number of carboxylic acid groups (broad SMARTS) is 1. The van der Waals surface area contributed by atoms with Gasteiger partial charge >= 0.3 is 5.97 Å². The molecule has 5 nitrogen and oxygen atoms in total. The van der Waals surface area contributed by atoms with E-state index >= 15 is 0 Å². The molecule has 1 aromatic heterocycles. The normalized spacial score (nSPS) is 10.9. The first kappa shape index (κ1) is 25.0. The number of unbranched alkanes of at least 4 members (excludes halogenated alkanes) is 1. The van der Waals surface area contributed by atoms with Crippen LogP contribution in [0.15, 0.2) is 72.8 Å². The molecule has 0 saturated heterocycles. The molecule has 4 rings (SSSR count). The molecular formula is C29H26F2N2O3. The maximum absolute atomic E-state index is 13.5. The van der Waals surface area contributed by atoms with Crippen molar-refractivity contribution in [2.45, 2.75) is 32.1 Å². The first-order valence-corrected chi connectivity index (χ1v) is 11.8. The van der Waals surface area contributed by atoms with Crippen molar-refractivity contribution in [3.05, 3.63) is 101 Å². The van der Waals surface area contributed by atoms with Gasteiger partial charge in [-0.05, 0) is 97.5 Å². The molecule has 0 bridgehead atoms. The van der Waals surface area contributed by atoms with E-state index in [4.69, 9.17) is 10.1 Å². The fourth-order valence-corrected chi connectivity index (χ4v) is 4.07. The summed E-state index contributed by atoms with van der Waals surface area (Å²) in [6, 6.07) is 19.5. The molecule has 2 N–H and O–H groups in total. The minimum Gasteiger partial charge on any atom is -0.481 e. The van der Waals surface area contributed by atoms with Crippen LogP contribution in [0.25, 0.3) is 22.2 Å². The summed E-state index contributed by atoms with van der Waals surface area (Å²) in [5.74, 6) is -1.68. The van der Waals surface area contributed by atoms with Gasteiger partial charge in [0.2, 0.25) is 0 Å². The summed E-state index contributed by atoms with van der Waals surface area (Å²) in [5.41, 5.74) is 4.53. The molecule has 1 amide bonds. The third kappa shape index (κ3) is 6.50. The van der Waals surface area contributed by atoms with Gasteiger partial charge in [0.15, 0.2) is 0 Å². The third-order valence-corrected chi connectivity index (χ3v) is 5.97. The van der Waals surface area contributed by atoms with Crippen molar-refractivity contribution >= 4 is 22.8 Å². The maximum Gasteiger partial charge on any atom is 0.303 e. The highest BCUT2D eigenvalue weighted by atomic mass is 19.1. The van der Waals surface area contributed by atoms with Crippen molar-refractivity contribution in [3.8, 4) is 11.3 Å². The van der Waals surface area contributed by atoms with E-state index in [0.29, 0.717) is 49.0 Å². The Morgan fingerprint density at radius 2 is 1.53 bits per heavy atom. The Kier molecular flexibility index (Phi) is 8.00. The van der Waals surface area contributed by atoms with Crippen LogP contribution in [0, 0.1) is 11.6 Å². The van der Waals surface area contributed by atoms with Gasteiger partial charge in [0, 0.05) is 29.5 Å². The van der Waals surface area contributed by atoms with Crippen molar-refractivity contribution in [2.75, 3.05) is 6.54 Å². The first-order valence-electron chi connectivity index (χ1n) is 11.8. The summed E-state index contributed by atoms with van der Waals surface area (Å²) in [6.45, 7) is 0.416. The standard InChI is InChI=1S/C29H26F2N2O3/c30-24-10-5-19(6-11-24)15-16-32-29(36)22-9-14-26-23(18-22)17-21(3-1-2-4-27(34)35)28(33-26)20-7-12-25(31)13-8-20/h5-14,17-18H,1-4,15-16H2,(H,32,36)(H,34,35). The number of aryl methyl sites for hydroxylation is 1. The molecule has 7 heteroatoms. The zero-order valence-electron chi connectivity index (χ0n) is 19.6. The summed E-state index contributed by atoms with van der Waals surface area (Å²) in [5, 5.41) is 12.6. The van der Waals surface area contributed by atoms with Crippen LogP contribution < -0.4 is 5.32 Å². The molecule has 1 heterocycles. The van der Waals surface area contributed by atoms with Gasteiger partial charge in [0.25, 0.3) is 5.91 Å². The van der Waals surface area contributed by atoms with Crippen LogP contribution in [-0.4, -0.2) is 28.5 Å². The largest absolute Gasteiger partial charge is 0.481 e. The Bertz CT molecular complexity index is 1370.